The van der Waals surface area contributed by atoms with E-state index in [1.165, 1.54) is 0 Å². The molecule has 37 heavy (non-hydrogen) atoms. The highest BCUT2D eigenvalue weighted by molar-refractivity contribution is 6.05. The molecule has 3 heterocycles. The lowest BCUT2D eigenvalue weighted by Crippen LogP contribution is -2.26. The van der Waals surface area contributed by atoms with Gasteiger partial charge in [-0.1, -0.05) is 32.9 Å². The molecule has 1 aromatic carbocycles. The number of aromatic nitrogens is 4. The molecular formula is C27H37F2N5O3. The third-order valence-electron chi connectivity index (χ3n) is 6.38. The van der Waals surface area contributed by atoms with Crippen molar-refractivity contribution in [2.24, 2.45) is 0 Å². The van der Waals surface area contributed by atoms with Gasteiger partial charge < -0.3 is 18.6 Å². The molecule has 0 saturated carbocycles. The summed E-state index contributed by atoms with van der Waals surface area (Å²) < 4.78 is 43.6. The minimum atomic E-state index is -2.84. The van der Waals surface area contributed by atoms with Crippen molar-refractivity contribution in [1.29, 1.82) is 0 Å². The second kappa shape index (κ2) is 12.4. The summed E-state index contributed by atoms with van der Waals surface area (Å²) in [5.41, 5.74) is 4.67. The molecule has 0 spiro atoms. The molecule has 0 N–H and O–H groups in total. The number of halogens is 2. The lowest BCUT2D eigenvalue weighted by atomic mass is 10.0. The van der Waals surface area contributed by atoms with Crippen LogP contribution in [0.2, 0.25) is 0 Å². The largest absolute Gasteiger partial charge is 0.496 e. The number of rotatable bonds is 10. The van der Waals surface area contributed by atoms with E-state index < -0.39 is 6.61 Å². The number of benzene rings is 1. The molecule has 0 aliphatic carbocycles. The van der Waals surface area contributed by atoms with E-state index in [1.54, 1.807) is 13.3 Å². The number of nitrogens with zero attached hydrogens (tertiary/aromatic N) is 5. The predicted octanol–water partition coefficient (Wildman–Crippen LogP) is 6.53. The summed E-state index contributed by atoms with van der Waals surface area (Å²) in [4.78, 5) is 11.8. The molecule has 1 atom stereocenters. The first-order valence-corrected chi connectivity index (χ1v) is 12.7. The minimum Gasteiger partial charge on any atom is -0.496 e. The maximum Gasteiger partial charge on any atom is 0.345 e. The second-order valence-electron chi connectivity index (χ2n) is 8.56. The Bertz CT molecular complexity index is 1310. The number of imidazole rings is 1. The predicted molar refractivity (Wildman–Crippen MR) is 141 cm³/mol. The molecule has 1 unspecified atom stereocenters. The van der Waals surface area contributed by atoms with Crippen LogP contribution in [0.25, 0.3) is 33.1 Å². The molecule has 4 rings (SSSR count). The summed E-state index contributed by atoms with van der Waals surface area (Å²) >= 11 is 0. The van der Waals surface area contributed by atoms with Crippen LogP contribution >= 0.6 is 0 Å². The van der Waals surface area contributed by atoms with Crippen LogP contribution in [0.4, 0.5) is 8.78 Å². The molecule has 0 aliphatic heterocycles. The first-order chi connectivity index (χ1) is 17.8. The zero-order valence-corrected chi connectivity index (χ0v) is 22.9. The number of pyridine rings is 1. The molecule has 0 saturated heterocycles. The van der Waals surface area contributed by atoms with Gasteiger partial charge in [-0.05, 0) is 46.0 Å². The SMILES string of the molecule is CC.CCN(CC)Cc1nc2cnc3cc(-c4c(C)noc4C)c(OC)cc3c2n1C(C)COC(F)F. The van der Waals surface area contributed by atoms with Gasteiger partial charge in [-0.15, -0.1) is 0 Å². The van der Waals surface area contributed by atoms with Gasteiger partial charge in [-0.2, -0.15) is 8.78 Å². The molecule has 0 amide bonds. The zero-order valence-electron chi connectivity index (χ0n) is 22.9. The van der Waals surface area contributed by atoms with Crippen LogP contribution < -0.4 is 4.74 Å². The summed E-state index contributed by atoms with van der Waals surface area (Å²) in [6.07, 6.45) is 1.73. The highest BCUT2D eigenvalue weighted by Gasteiger charge is 2.23. The smallest absolute Gasteiger partial charge is 0.345 e. The molecule has 0 aliphatic rings. The topological polar surface area (TPSA) is 78.4 Å². The standard InChI is InChI=1S/C25H31F2N5O3.C2H6/c1-7-31(8-2)12-22-29-20-11-28-19-9-18(23-15(4)30-35-16(23)5)21(33-6)10-17(19)24(20)32(22)14(3)13-34-25(26)27;1-2/h9-11,14,25H,7-8,12-13H2,1-6H3;1-2H3. The highest BCUT2D eigenvalue weighted by Crippen LogP contribution is 2.39. The van der Waals surface area contributed by atoms with Gasteiger partial charge in [0.1, 0.15) is 22.9 Å². The molecule has 0 bridgehead atoms. The second-order valence-corrected chi connectivity index (χ2v) is 8.56. The molecule has 10 heteroatoms. The molecule has 0 radical (unpaired) electrons. The van der Waals surface area contributed by atoms with E-state index in [4.69, 9.17) is 14.2 Å². The number of ether oxygens (including phenoxy) is 2. The Labute approximate surface area is 216 Å². The van der Waals surface area contributed by atoms with Crippen LogP contribution in [0, 0.1) is 13.8 Å². The van der Waals surface area contributed by atoms with Crippen molar-refractivity contribution in [2.45, 2.75) is 67.7 Å². The number of aryl methyl sites for hydroxylation is 2. The summed E-state index contributed by atoms with van der Waals surface area (Å²) in [5.74, 6) is 2.10. The lowest BCUT2D eigenvalue weighted by Gasteiger charge is -2.22. The molecule has 3 aromatic heterocycles. The average Bonchev–Trinajstić information content (AvgIpc) is 3.44. The number of hydrogen-bond acceptors (Lipinski definition) is 7. The first kappa shape index (κ1) is 28.5. The lowest BCUT2D eigenvalue weighted by molar-refractivity contribution is -0.135. The fraction of sp³-hybridized carbons (Fsp3) is 0.519. The van der Waals surface area contributed by atoms with E-state index >= 15 is 0 Å². The van der Waals surface area contributed by atoms with Crippen molar-refractivity contribution < 1.29 is 22.8 Å². The van der Waals surface area contributed by atoms with Gasteiger partial charge in [-0.25, -0.2) is 4.98 Å². The van der Waals surface area contributed by atoms with Gasteiger partial charge in [0, 0.05) is 10.9 Å². The van der Waals surface area contributed by atoms with Gasteiger partial charge >= 0.3 is 6.61 Å². The Morgan fingerprint density at radius 1 is 1.11 bits per heavy atom. The van der Waals surface area contributed by atoms with Crippen LogP contribution in [-0.4, -0.2) is 58.0 Å². The van der Waals surface area contributed by atoms with Crippen LogP contribution in [0.5, 0.6) is 5.75 Å². The van der Waals surface area contributed by atoms with Gasteiger partial charge in [0.05, 0.1) is 54.8 Å². The highest BCUT2D eigenvalue weighted by atomic mass is 19.3. The van der Waals surface area contributed by atoms with E-state index in [2.05, 4.69) is 33.6 Å². The molecule has 4 aromatic rings. The van der Waals surface area contributed by atoms with E-state index in [0.717, 1.165) is 52.2 Å². The molecule has 8 nitrogen and oxygen atoms in total. The van der Waals surface area contributed by atoms with E-state index in [-0.39, 0.29) is 12.6 Å². The third kappa shape index (κ3) is 5.75. The number of alkyl halides is 2. The third-order valence-corrected chi connectivity index (χ3v) is 6.38. The van der Waals surface area contributed by atoms with Gasteiger partial charge in [-0.3, -0.25) is 9.88 Å². The Hall–Kier alpha value is -3.11. The van der Waals surface area contributed by atoms with E-state index in [0.29, 0.717) is 23.6 Å². The Balaban J connectivity index is 0.00000186. The fourth-order valence-electron chi connectivity index (χ4n) is 4.60. The quantitative estimate of drug-likeness (QED) is 0.237. The van der Waals surface area contributed by atoms with Crippen LogP contribution in [0.1, 0.15) is 57.9 Å². The number of hydrogen-bond donors (Lipinski definition) is 0. The summed E-state index contributed by atoms with van der Waals surface area (Å²) in [5, 5.41) is 4.89. The first-order valence-electron chi connectivity index (χ1n) is 12.7. The number of methoxy groups -OCH3 is 1. The Kier molecular flexibility index (Phi) is 9.56. The molecule has 0 fully saturated rings. The zero-order chi connectivity index (χ0) is 27.3. The van der Waals surface area contributed by atoms with Gasteiger partial charge in [0.2, 0.25) is 0 Å². The van der Waals surface area contributed by atoms with E-state index in [9.17, 15) is 8.78 Å². The van der Waals surface area contributed by atoms with Crippen molar-refractivity contribution in [3.8, 4) is 16.9 Å². The Morgan fingerprint density at radius 3 is 2.38 bits per heavy atom. The summed E-state index contributed by atoms with van der Waals surface area (Å²) in [6.45, 7) is 13.0. The normalized spacial score (nSPS) is 12.4. The van der Waals surface area contributed by atoms with Crippen molar-refractivity contribution in [3.05, 3.63) is 35.6 Å². The molecule has 202 valence electrons. The number of fused-ring (bicyclic) bond motifs is 3. The van der Waals surface area contributed by atoms with Crippen molar-refractivity contribution in [2.75, 3.05) is 26.8 Å². The van der Waals surface area contributed by atoms with Crippen LogP contribution in [-0.2, 0) is 11.3 Å². The summed E-state index contributed by atoms with van der Waals surface area (Å²) in [7, 11) is 1.61. The van der Waals surface area contributed by atoms with Crippen LogP contribution in [0.15, 0.2) is 22.9 Å². The maximum atomic E-state index is 12.9. The average molecular weight is 518 g/mol. The van der Waals surface area contributed by atoms with Gasteiger partial charge in [0.15, 0.2) is 0 Å². The van der Waals surface area contributed by atoms with E-state index in [1.807, 2.05) is 51.3 Å². The maximum absolute atomic E-state index is 12.9. The van der Waals surface area contributed by atoms with Crippen molar-refractivity contribution in [3.63, 3.8) is 0 Å². The Morgan fingerprint density at radius 2 is 1.81 bits per heavy atom. The monoisotopic (exact) mass is 517 g/mol. The van der Waals surface area contributed by atoms with Crippen molar-refractivity contribution in [1.82, 2.24) is 24.6 Å². The van der Waals surface area contributed by atoms with Crippen LogP contribution in [0.3, 0.4) is 0 Å². The fourth-order valence-corrected chi connectivity index (χ4v) is 4.60. The van der Waals surface area contributed by atoms with Gasteiger partial charge in [0.25, 0.3) is 0 Å². The molecular weight excluding hydrogens is 480 g/mol. The summed E-state index contributed by atoms with van der Waals surface area (Å²) in [6, 6.07) is 3.49. The van der Waals surface area contributed by atoms with Crippen molar-refractivity contribution >= 4 is 21.9 Å². The minimum absolute atomic E-state index is 0.146.